The lowest BCUT2D eigenvalue weighted by Gasteiger charge is -2.21. The van der Waals surface area contributed by atoms with Gasteiger partial charge in [0.1, 0.15) is 0 Å². The summed E-state index contributed by atoms with van der Waals surface area (Å²) in [5.74, 6) is 0.969. The van der Waals surface area contributed by atoms with E-state index in [-0.39, 0.29) is 5.92 Å². The van der Waals surface area contributed by atoms with E-state index in [9.17, 15) is 4.79 Å². The van der Waals surface area contributed by atoms with Crippen molar-refractivity contribution in [2.75, 3.05) is 24.5 Å². The molecule has 3 heterocycles. The summed E-state index contributed by atoms with van der Waals surface area (Å²) in [6.45, 7) is 5.95. The van der Waals surface area contributed by atoms with Crippen molar-refractivity contribution in [3.63, 3.8) is 0 Å². The lowest BCUT2D eigenvalue weighted by atomic mass is 10.0. The van der Waals surface area contributed by atoms with E-state index < -0.39 is 0 Å². The average molecular weight is 312 g/mol. The zero-order valence-corrected chi connectivity index (χ0v) is 13.6. The maximum Gasteiger partial charge on any atom is 0.231 e. The molecule has 22 heavy (non-hydrogen) atoms. The number of likely N-dealkylation sites (tertiary alicyclic amines) is 1. The Bertz CT molecular complexity index is 681. The molecule has 1 amide bonds. The molecule has 0 unspecified atom stereocenters. The Hall–Kier alpha value is -1.65. The summed E-state index contributed by atoms with van der Waals surface area (Å²) in [4.78, 5) is 19.9. The molecule has 0 bridgehead atoms. The fourth-order valence-electron chi connectivity index (χ4n) is 3.71. The number of thiophene rings is 1. The van der Waals surface area contributed by atoms with Crippen molar-refractivity contribution in [1.29, 1.82) is 0 Å². The van der Waals surface area contributed by atoms with Crippen LogP contribution in [0, 0.1) is 18.8 Å². The van der Waals surface area contributed by atoms with Crippen LogP contribution in [0.5, 0.6) is 0 Å². The minimum atomic E-state index is 0.182. The molecule has 4 rings (SSSR count). The van der Waals surface area contributed by atoms with Gasteiger partial charge in [-0.05, 0) is 31.2 Å². The average Bonchev–Trinajstić information content (AvgIpc) is 3.18. The van der Waals surface area contributed by atoms with Gasteiger partial charge in [-0.1, -0.05) is 18.2 Å². The summed E-state index contributed by atoms with van der Waals surface area (Å²) in [6.07, 6.45) is 0. The molecule has 0 radical (unpaired) electrons. The van der Waals surface area contributed by atoms with E-state index in [2.05, 4.69) is 24.0 Å². The van der Waals surface area contributed by atoms with Crippen molar-refractivity contribution in [3.05, 3.63) is 52.2 Å². The van der Waals surface area contributed by atoms with Gasteiger partial charge in [0.05, 0.1) is 5.92 Å². The number of carbonyl (C=O) groups is 1. The molecule has 0 N–H and O–H groups in total. The number of hydrogen-bond acceptors (Lipinski definition) is 3. The molecule has 114 valence electrons. The number of nitrogens with zero attached hydrogens (tertiary/aromatic N) is 2. The lowest BCUT2D eigenvalue weighted by molar-refractivity contribution is -0.120. The summed E-state index contributed by atoms with van der Waals surface area (Å²) in [5.41, 5.74) is 1.04. The first-order valence-electron chi connectivity index (χ1n) is 7.85. The van der Waals surface area contributed by atoms with E-state index in [1.807, 2.05) is 46.6 Å². The molecular weight excluding hydrogens is 292 g/mol. The molecule has 4 heteroatoms. The molecule has 3 nitrogen and oxygen atoms in total. The number of carbonyl (C=O) groups excluding carboxylic acids is 1. The lowest BCUT2D eigenvalue weighted by Crippen LogP contribution is -2.32. The number of fused-ring (bicyclic) bond motifs is 1. The van der Waals surface area contributed by atoms with Gasteiger partial charge in [-0.15, -0.1) is 11.3 Å². The molecule has 0 aliphatic carbocycles. The smallest absolute Gasteiger partial charge is 0.231 e. The van der Waals surface area contributed by atoms with Crippen LogP contribution in [0.1, 0.15) is 9.75 Å². The number of amides is 1. The van der Waals surface area contributed by atoms with Gasteiger partial charge < -0.3 is 4.90 Å². The molecule has 2 saturated heterocycles. The Morgan fingerprint density at radius 1 is 1.09 bits per heavy atom. The molecule has 2 fully saturated rings. The Kier molecular flexibility index (Phi) is 3.51. The fourth-order valence-corrected chi connectivity index (χ4v) is 4.64. The monoisotopic (exact) mass is 312 g/mol. The van der Waals surface area contributed by atoms with Crippen molar-refractivity contribution in [2.45, 2.75) is 13.5 Å². The van der Waals surface area contributed by atoms with Gasteiger partial charge in [0.25, 0.3) is 0 Å². The second kappa shape index (κ2) is 5.52. The van der Waals surface area contributed by atoms with Crippen LogP contribution in [0.2, 0.25) is 0 Å². The van der Waals surface area contributed by atoms with Crippen molar-refractivity contribution in [2.24, 2.45) is 11.8 Å². The van der Waals surface area contributed by atoms with Crippen LogP contribution in [0.15, 0.2) is 42.5 Å². The Balaban J connectivity index is 1.44. The highest BCUT2D eigenvalue weighted by molar-refractivity contribution is 7.11. The van der Waals surface area contributed by atoms with Crippen molar-refractivity contribution >= 4 is 22.9 Å². The minimum Gasteiger partial charge on any atom is -0.312 e. The number of benzene rings is 1. The molecule has 0 saturated carbocycles. The number of rotatable bonds is 3. The van der Waals surface area contributed by atoms with Crippen molar-refractivity contribution in [1.82, 2.24) is 4.90 Å². The number of hydrogen-bond donors (Lipinski definition) is 0. The first-order valence-corrected chi connectivity index (χ1v) is 8.66. The van der Waals surface area contributed by atoms with Crippen LogP contribution in [-0.2, 0) is 11.3 Å². The highest BCUT2D eigenvalue weighted by Gasteiger charge is 2.46. The zero-order chi connectivity index (χ0) is 15.1. The minimum absolute atomic E-state index is 0.182. The van der Waals surface area contributed by atoms with Crippen LogP contribution in [0.25, 0.3) is 0 Å². The molecular formula is C18H20N2OS. The highest BCUT2D eigenvalue weighted by atomic mass is 32.1. The molecule has 1 aromatic heterocycles. The number of para-hydroxylation sites is 1. The van der Waals surface area contributed by atoms with E-state index in [1.54, 1.807) is 0 Å². The van der Waals surface area contributed by atoms with Gasteiger partial charge in [0.2, 0.25) is 5.91 Å². The number of anilines is 1. The van der Waals surface area contributed by atoms with Gasteiger partial charge in [0.15, 0.2) is 0 Å². The predicted octanol–water partition coefficient (Wildman–Crippen LogP) is 3.15. The van der Waals surface area contributed by atoms with Gasteiger partial charge in [-0.2, -0.15) is 0 Å². The first-order chi connectivity index (χ1) is 10.7. The standard InChI is InChI=1S/C18H20N2OS/c1-13-7-8-16(22-13)11-19-9-14-10-20(18(21)17(14)12-19)15-5-3-2-4-6-15/h2-8,14,17H,9-12H2,1H3/t14-,17-/m1/s1. The third kappa shape index (κ3) is 2.46. The fraction of sp³-hybridized carbons (Fsp3) is 0.389. The second-order valence-electron chi connectivity index (χ2n) is 6.36. The normalized spacial score (nSPS) is 25.0. The summed E-state index contributed by atoms with van der Waals surface area (Å²) < 4.78 is 0. The highest BCUT2D eigenvalue weighted by Crippen LogP contribution is 2.35. The summed E-state index contributed by atoms with van der Waals surface area (Å²) >= 11 is 1.86. The van der Waals surface area contributed by atoms with Crippen LogP contribution >= 0.6 is 11.3 Å². The zero-order valence-electron chi connectivity index (χ0n) is 12.7. The van der Waals surface area contributed by atoms with Crippen LogP contribution in [-0.4, -0.2) is 30.4 Å². The van der Waals surface area contributed by atoms with Gasteiger partial charge in [-0.3, -0.25) is 9.69 Å². The maximum absolute atomic E-state index is 12.7. The summed E-state index contributed by atoms with van der Waals surface area (Å²) in [5, 5.41) is 0. The Labute approximate surface area is 135 Å². The topological polar surface area (TPSA) is 23.6 Å². The maximum atomic E-state index is 12.7. The van der Waals surface area contributed by atoms with Gasteiger partial charge in [-0.25, -0.2) is 0 Å². The molecule has 2 aliphatic heterocycles. The molecule has 1 aromatic carbocycles. The molecule has 2 aliphatic rings. The number of aryl methyl sites for hydroxylation is 1. The second-order valence-corrected chi connectivity index (χ2v) is 7.73. The van der Waals surface area contributed by atoms with E-state index >= 15 is 0 Å². The third-order valence-electron chi connectivity index (χ3n) is 4.76. The van der Waals surface area contributed by atoms with Crippen molar-refractivity contribution in [3.8, 4) is 0 Å². The Morgan fingerprint density at radius 2 is 1.91 bits per heavy atom. The summed E-state index contributed by atoms with van der Waals surface area (Å²) in [7, 11) is 0. The van der Waals surface area contributed by atoms with E-state index in [0.29, 0.717) is 11.8 Å². The van der Waals surface area contributed by atoms with E-state index in [1.165, 1.54) is 9.75 Å². The SMILES string of the molecule is Cc1ccc(CN2C[C@@H]3CN(c4ccccc4)C(=O)[C@@H]3C2)s1. The summed E-state index contributed by atoms with van der Waals surface area (Å²) in [6, 6.07) is 14.5. The van der Waals surface area contributed by atoms with E-state index in [4.69, 9.17) is 0 Å². The van der Waals surface area contributed by atoms with Crippen molar-refractivity contribution < 1.29 is 4.79 Å². The van der Waals surface area contributed by atoms with Crippen LogP contribution in [0.3, 0.4) is 0 Å². The van der Waals surface area contributed by atoms with Crippen LogP contribution < -0.4 is 4.90 Å². The van der Waals surface area contributed by atoms with Crippen LogP contribution in [0.4, 0.5) is 5.69 Å². The molecule has 2 aromatic rings. The van der Waals surface area contributed by atoms with Gasteiger partial charge >= 0.3 is 0 Å². The predicted molar refractivity (Wildman–Crippen MR) is 90.1 cm³/mol. The van der Waals surface area contributed by atoms with Gasteiger partial charge in [0, 0.05) is 47.5 Å². The largest absolute Gasteiger partial charge is 0.312 e. The quantitative estimate of drug-likeness (QED) is 0.869. The molecule has 2 atom stereocenters. The Morgan fingerprint density at radius 3 is 2.59 bits per heavy atom. The third-order valence-corrected chi connectivity index (χ3v) is 5.75. The first kappa shape index (κ1) is 14.0. The molecule has 0 spiro atoms. The van der Waals surface area contributed by atoms with E-state index in [0.717, 1.165) is 31.9 Å².